The van der Waals surface area contributed by atoms with Gasteiger partial charge in [-0.3, -0.25) is 4.68 Å². The van der Waals surface area contributed by atoms with Gasteiger partial charge in [-0.25, -0.2) is 4.79 Å². The van der Waals surface area contributed by atoms with E-state index in [1.807, 2.05) is 51.9 Å². The molecular formula is C18H27N5O2. The Bertz CT molecular complexity index is 716. The van der Waals surface area contributed by atoms with Gasteiger partial charge in [-0.15, -0.1) is 0 Å². The van der Waals surface area contributed by atoms with Crippen LogP contribution in [0, 0.1) is 20.8 Å². The van der Waals surface area contributed by atoms with Crippen LogP contribution in [0.5, 0.6) is 0 Å². The number of rotatable bonds is 6. The molecule has 0 bridgehead atoms. The van der Waals surface area contributed by atoms with Gasteiger partial charge in [0.15, 0.2) is 0 Å². The zero-order chi connectivity index (χ0) is 18.6. The molecule has 3 N–H and O–H groups in total. The Labute approximate surface area is 148 Å². The van der Waals surface area contributed by atoms with Gasteiger partial charge in [0, 0.05) is 18.4 Å². The van der Waals surface area contributed by atoms with E-state index in [0.29, 0.717) is 18.8 Å². The number of benzene rings is 1. The lowest BCUT2D eigenvalue weighted by Gasteiger charge is -2.15. The number of aryl methyl sites for hydroxylation is 3. The third-order valence-corrected chi connectivity index (χ3v) is 3.78. The largest absolute Gasteiger partial charge is 0.390 e. The molecule has 136 valence electrons. The fourth-order valence-electron chi connectivity index (χ4n) is 2.88. The molecule has 0 radical (unpaired) electrons. The smallest absolute Gasteiger partial charge is 0.323 e. The lowest BCUT2D eigenvalue weighted by atomic mass is 10.1. The molecule has 25 heavy (non-hydrogen) atoms. The molecule has 0 unspecified atom stereocenters. The Kier molecular flexibility index (Phi) is 6.17. The predicted octanol–water partition coefficient (Wildman–Crippen LogP) is 2.37. The Morgan fingerprint density at radius 2 is 1.88 bits per heavy atom. The minimum atomic E-state index is -0.519. The van der Waals surface area contributed by atoms with Crippen molar-refractivity contribution >= 4 is 17.4 Å². The third kappa shape index (κ3) is 5.58. The SMILES string of the molecule is Cc1cc(C)c(NC(=O)Nc2cnn(C[C@H](O)CN(C)C)c2)c(C)c1. The molecule has 1 aromatic carbocycles. The van der Waals surface area contributed by atoms with Crippen LogP contribution in [0.3, 0.4) is 0 Å². The van der Waals surface area contributed by atoms with Gasteiger partial charge in [-0.2, -0.15) is 5.10 Å². The first kappa shape index (κ1) is 19.0. The molecule has 0 aliphatic rings. The zero-order valence-electron chi connectivity index (χ0n) is 15.5. The molecule has 7 heteroatoms. The zero-order valence-corrected chi connectivity index (χ0v) is 15.5. The van der Waals surface area contributed by atoms with Crippen LogP contribution >= 0.6 is 0 Å². The first-order chi connectivity index (χ1) is 11.7. The molecule has 1 heterocycles. The van der Waals surface area contributed by atoms with Crippen LogP contribution < -0.4 is 10.6 Å². The van der Waals surface area contributed by atoms with E-state index in [9.17, 15) is 9.90 Å². The molecule has 0 saturated carbocycles. The number of hydrogen-bond donors (Lipinski definition) is 3. The topological polar surface area (TPSA) is 82.4 Å². The third-order valence-electron chi connectivity index (χ3n) is 3.78. The number of aliphatic hydroxyl groups excluding tert-OH is 1. The molecule has 2 rings (SSSR count). The number of nitrogens with one attached hydrogen (secondary N) is 2. The summed E-state index contributed by atoms with van der Waals surface area (Å²) in [5.74, 6) is 0. The number of aromatic nitrogens is 2. The van der Waals surface area contributed by atoms with Gasteiger partial charge in [0.2, 0.25) is 0 Å². The van der Waals surface area contributed by atoms with Gasteiger partial charge in [0.25, 0.3) is 0 Å². The second-order valence-electron chi connectivity index (χ2n) is 6.72. The Hall–Kier alpha value is -2.38. The highest BCUT2D eigenvalue weighted by molar-refractivity contribution is 6.00. The first-order valence-corrected chi connectivity index (χ1v) is 8.25. The summed E-state index contributed by atoms with van der Waals surface area (Å²) in [7, 11) is 3.80. The van der Waals surface area contributed by atoms with Crippen LogP contribution in [0.4, 0.5) is 16.2 Å². The van der Waals surface area contributed by atoms with E-state index in [0.717, 1.165) is 16.8 Å². The fraction of sp³-hybridized carbons (Fsp3) is 0.444. The first-order valence-electron chi connectivity index (χ1n) is 8.25. The van der Waals surface area contributed by atoms with Crippen LogP contribution in [0.15, 0.2) is 24.5 Å². The lowest BCUT2D eigenvalue weighted by Crippen LogP contribution is -2.29. The highest BCUT2D eigenvalue weighted by Crippen LogP contribution is 2.22. The normalized spacial score (nSPS) is 12.3. The Balaban J connectivity index is 1.96. The Morgan fingerprint density at radius 1 is 1.24 bits per heavy atom. The van der Waals surface area contributed by atoms with Gasteiger partial charge in [-0.05, 0) is 46.0 Å². The van der Waals surface area contributed by atoms with E-state index in [2.05, 4.69) is 15.7 Å². The van der Waals surface area contributed by atoms with E-state index in [-0.39, 0.29) is 6.03 Å². The maximum absolute atomic E-state index is 12.2. The molecule has 1 atom stereocenters. The van der Waals surface area contributed by atoms with Crippen molar-refractivity contribution in [1.82, 2.24) is 14.7 Å². The van der Waals surface area contributed by atoms with Crippen LogP contribution in [0.2, 0.25) is 0 Å². The van der Waals surface area contributed by atoms with E-state index in [1.54, 1.807) is 17.1 Å². The van der Waals surface area contributed by atoms with Crippen molar-refractivity contribution in [3.63, 3.8) is 0 Å². The van der Waals surface area contributed by atoms with Crippen molar-refractivity contribution in [3.05, 3.63) is 41.2 Å². The molecule has 1 aromatic heterocycles. The second-order valence-corrected chi connectivity index (χ2v) is 6.72. The average Bonchev–Trinajstić information content (AvgIpc) is 2.88. The number of carbonyl (C=O) groups excluding carboxylic acids is 1. The maximum Gasteiger partial charge on any atom is 0.323 e. The number of likely N-dealkylation sites (N-methyl/N-ethyl adjacent to an activating group) is 1. The molecule has 2 amide bonds. The van der Waals surface area contributed by atoms with Crippen molar-refractivity contribution in [1.29, 1.82) is 0 Å². The van der Waals surface area contributed by atoms with Gasteiger partial charge in [-0.1, -0.05) is 17.7 Å². The number of hydrogen-bond acceptors (Lipinski definition) is 4. The van der Waals surface area contributed by atoms with Gasteiger partial charge in [0.05, 0.1) is 24.5 Å². The summed E-state index contributed by atoms with van der Waals surface area (Å²) in [6.07, 6.45) is 2.75. The molecule has 0 aliphatic heterocycles. The van der Waals surface area contributed by atoms with Gasteiger partial charge in [0.1, 0.15) is 0 Å². The molecule has 7 nitrogen and oxygen atoms in total. The van der Waals surface area contributed by atoms with Crippen molar-refractivity contribution in [2.75, 3.05) is 31.3 Å². The average molecular weight is 345 g/mol. The van der Waals surface area contributed by atoms with E-state index >= 15 is 0 Å². The number of amides is 2. The number of carbonyl (C=O) groups is 1. The van der Waals surface area contributed by atoms with E-state index in [4.69, 9.17) is 0 Å². The molecule has 0 aliphatic carbocycles. The van der Waals surface area contributed by atoms with Crippen molar-refractivity contribution in [3.8, 4) is 0 Å². The van der Waals surface area contributed by atoms with Gasteiger partial charge < -0.3 is 20.6 Å². The summed E-state index contributed by atoms with van der Waals surface area (Å²) in [4.78, 5) is 14.1. The van der Waals surface area contributed by atoms with Crippen molar-refractivity contribution < 1.29 is 9.90 Å². The van der Waals surface area contributed by atoms with Crippen LogP contribution in [-0.4, -0.2) is 52.6 Å². The molecule has 2 aromatic rings. The van der Waals surface area contributed by atoms with E-state index < -0.39 is 6.10 Å². The summed E-state index contributed by atoms with van der Waals surface area (Å²) < 4.78 is 1.62. The van der Waals surface area contributed by atoms with Crippen molar-refractivity contribution in [2.24, 2.45) is 0 Å². The number of nitrogens with zero attached hydrogens (tertiary/aromatic N) is 3. The number of urea groups is 1. The predicted molar refractivity (Wildman–Crippen MR) is 100 cm³/mol. The maximum atomic E-state index is 12.2. The highest BCUT2D eigenvalue weighted by Gasteiger charge is 2.11. The summed E-state index contributed by atoms with van der Waals surface area (Å²) in [6, 6.07) is 3.75. The van der Waals surface area contributed by atoms with Gasteiger partial charge >= 0.3 is 6.03 Å². The quantitative estimate of drug-likeness (QED) is 0.751. The molecule has 0 fully saturated rings. The van der Waals surface area contributed by atoms with Crippen LogP contribution in [0.25, 0.3) is 0 Å². The minimum absolute atomic E-state index is 0.316. The highest BCUT2D eigenvalue weighted by atomic mass is 16.3. The summed E-state index contributed by atoms with van der Waals surface area (Å²) in [5, 5.41) is 19.8. The Morgan fingerprint density at radius 3 is 2.48 bits per heavy atom. The summed E-state index contributed by atoms with van der Waals surface area (Å²) >= 11 is 0. The standard InChI is InChI=1S/C18H27N5O2/c1-12-6-13(2)17(14(3)7-12)21-18(25)20-15-8-19-23(9-15)11-16(24)10-22(4)5/h6-9,16,24H,10-11H2,1-5H3,(H2,20,21,25)/t16-/m1/s1. The van der Waals surface area contributed by atoms with Crippen molar-refractivity contribution in [2.45, 2.75) is 33.4 Å². The molecular weight excluding hydrogens is 318 g/mol. The minimum Gasteiger partial charge on any atom is -0.390 e. The van der Waals surface area contributed by atoms with Crippen LogP contribution in [0.1, 0.15) is 16.7 Å². The van der Waals surface area contributed by atoms with E-state index in [1.165, 1.54) is 5.56 Å². The summed E-state index contributed by atoms with van der Waals surface area (Å²) in [6.45, 7) is 6.90. The second kappa shape index (κ2) is 8.13. The summed E-state index contributed by atoms with van der Waals surface area (Å²) in [5.41, 5.74) is 4.61. The monoisotopic (exact) mass is 345 g/mol. The number of aliphatic hydroxyl groups is 1. The number of anilines is 2. The van der Waals surface area contributed by atoms with Crippen LogP contribution in [-0.2, 0) is 6.54 Å². The molecule has 0 spiro atoms. The molecule has 0 saturated heterocycles. The fourth-order valence-corrected chi connectivity index (χ4v) is 2.88. The lowest BCUT2D eigenvalue weighted by molar-refractivity contribution is 0.116.